The van der Waals surface area contributed by atoms with Gasteiger partial charge in [0.05, 0.1) is 18.8 Å². The molecular formula is C22H27N3+2. The molecule has 2 aromatic heterocycles. The van der Waals surface area contributed by atoms with Crippen molar-refractivity contribution in [1.29, 1.82) is 0 Å². The summed E-state index contributed by atoms with van der Waals surface area (Å²) < 4.78 is 4.35. The van der Waals surface area contributed by atoms with Crippen LogP contribution in [0.4, 0.5) is 0 Å². The van der Waals surface area contributed by atoms with E-state index >= 15 is 0 Å². The Morgan fingerprint density at radius 2 is 1.72 bits per heavy atom. The third kappa shape index (κ3) is 3.32. The molecule has 0 saturated heterocycles. The lowest BCUT2D eigenvalue weighted by atomic mass is 9.84. The molecule has 0 amide bonds. The number of hydrogen-bond donors (Lipinski definition) is 0. The highest BCUT2D eigenvalue weighted by molar-refractivity contribution is 5.64. The summed E-state index contributed by atoms with van der Waals surface area (Å²) in [5.41, 5.74) is 6.22. The van der Waals surface area contributed by atoms with Gasteiger partial charge in [-0.2, -0.15) is 4.57 Å². The van der Waals surface area contributed by atoms with Crippen molar-refractivity contribution in [3.63, 3.8) is 0 Å². The average molecular weight is 333 g/mol. The fourth-order valence-corrected chi connectivity index (χ4v) is 3.12. The highest BCUT2D eigenvalue weighted by Gasteiger charge is 2.26. The van der Waals surface area contributed by atoms with Gasteiger partial charge in [-0.3, -0.25) is 0 Å². The van der Waals surface area contributed by atoms with E-state index in [9.17, 15) is 0 Å². The molecular weight excluding hydrogens is 306 g/mol. The molecule has 0 fully saturated rings. The predicted molar refractivity (Wildman–Crippen MR) is 101 cm³/mol. The Morgan fingerprint density at radius 1 is 0.960 bits per heavy atom. The third-order valence-electron chi connectivity index (χ3n) is 4.74. The topological polar surface area (TPSA) is 20.6 Å². The SMILES string of the molecule is Cc1c(-c2nccc[n+]2C)cc(C(C)(C)C)cc1-[n+]1ccccc1C. The summed E-state index contributed by atoms with van der Waals surface area (Å²) in [7, 11) is 2.05. The lowest BCUT2D eigenvalue weighted by molar-refractivity contribution is -0.663. The molecule has 2 heterocycles. The molecule has 3 rings (SSSR count). The first-order chi connectivity index (χ1) is 11.8. The lowest BCUT2D eigenvalue weighted by Gasteiger charge is -2.21. The number of pyridine rings is 1. The zero-order valence-corrected chi connectivity index (χ0v) is 16.0. The molecule has 0 spiro atoms. The van der Waals surface area contributed by atoms with E-state index in [1.807, 2.05) is 25.5 Å². The van der Waals surface area contributed by atoms with Crippen LogP contribution in [-0.4, -0.2) is 4.98 Å². The number of aryl methyl sites for hydroxylation is 2. The van der Waals surface area contributed by atoms with Crippen molar-refractivity contribution in [3.8, 4) is 17.1 Å². The van der Waals surface area contributed by atoms with E-state index < -0.39 is 0 Å². The monoisotopic (exact) mass is 333 g/mol. The van der Waals surface area contributed by atoms with E-state index in [-0.39, 0.29) is 5.41 Å². The Kier molecular flexibility index (Phi) is 4.42. The summed E-state index contributed by atoms with van der Waals surface area (Å²) >= 11 is 0. The molecule has 25 heavy (non-hydrogen) atoms. The van der Waals surface area contributed by atoms with Gasteiger partial charge in [0.15, 0.2) is 11.9 Å². The summed E-state index contributed by atoms with van der Waals surface area (Å²) in [6.45, 7) is 11.1. The van der Waals surface area contributed by atoms with Crippen LogP contribution >= 0.6 is 0 Å². The molecule has 0 atom stereocenters. The van der Waals surface area contributed by atoms with Gasteiger partial charge in [0.25, 0.3) is 0 Å². The first-order valence-corrected chi connectivity index (χ1v) is 8.73. The fraction of sp³-hybridized carbons (Fsp3) is 0.318. The molecule has 0 radical (unpaired) electrons. The molecule has 0 aliphatic heterocycles. The van der Waals surface area contributed by atoms with Gasteiger partial charge in [0.2, 0.25) is 5.69 Å². The zero-order valence-electron chi connectivity index (χ0n) is 16.0. The molecule has 0 unspecified atom stereocenters. The van der Waals surface area contributed by atoms with Gasteiger partial charge in [-0.15, -0.1) is 0 Å². The normalized spacial score (nSPS) is 11.6. The van der Waals surface area contributed by atoms with Gasteiger partial charge in [0.1, 0.15) is 6.20 Å². The Labute approximate surface area is 150 Å². The zero-order chi connectivity index (χ0) is 18.2. The van der Waals surface area contributed by atoms with Crippen molar-refractivity contribution in [2.75, 3.05) is 0 Å². The first kappa shape index (κ1) is 17.3. The molecule has 0 aliphatic carbocycles. The van der Waals surface area contributed by atoms with Crippen molar-refractivity contribution in [2.24, 2.45) is 7.05 Å². The molecule has 128 valence electrons. The number of benzene rings is 1. The number of aromatic nitrogens is 3. The van der Waals surface area contributed by atoms with Crippen molar-refractivity contribution < 1.29 is 9.13 Å². The summed E-state index contributed by atoms with van der Waals surface area (Å²) in [6, 6.07) is 12.9. The summed E-state index contributed by atoms with van der Waals surface area (Å²) in [5, 5.41) is 0. The van der Waals surface area contributed by atoms with E-state index in [1.54, 1.807) is 0 Å². The van der Waals surface area contributed by atoms with Crippen LogP contribution in [0.25, 0.3) is 17.1 Å². The minimum atomic E-state index is 0.0633. The van der Waals surface area contributed by atoms with Crippen LogP contribution in [0.1, 0.15) is 37.6 Å². The highest BCUT2D eigenvalue weighted by Crippen LogP contribution is 2.31. The van der Waals surface area contributed by atoms with Gasteiger partial charge in [0, 0.05) is 36.8 Å². The standard InChI is InChI=1S/C22H27N3/c1-16-10-7-8-13-25(16)20-15-18(22(3,4)5)14-19(17(20)2)21-23-11-9-12-24(21)6/h7-15H,1-6H3/q+2. The van der Waals surface area contributed by atoms with Crippen molar-refractivity contribution in [1.82, 2.24) is 4.98 Å². The van der Waals surface area contributed by atoms with Crippen molar-refractivity contribution in [3.05, 3.63) is 71.8 Å². The van der Waals surface area contributed by atoms with Gasteiger partial charge < -0.3 is 0 Å². The minimum absolute atomic E-state index is 0.0633. The molecule has 0 saturated carbocycles. The van der Waals surface area contributed by atoms with E-state index in [0.717, 1.165) is 5.82 Å². The summed E-state index contributed by atoms with van der Waals surface area (Å²) in [6.07, 6.45) is 6.04. The van der Waals surface area contributed by atoms with Crippen molar-refractivity contribution >= 4 is 0 Å². The second kappa shape index (κ2) is 6.40. The quantitative estimate of drug-likeness (QED) is 0.654. The second-order valence-corrected chi connectivity index (χ2v) is 7.68. The van der Waals surface area contributed by atoms with E-state index in [1.165, 1.54) is 28.1 Å². The van der Waals surface area contributed by atoms with E-state index in [0.29, 0.717) is 0 Å². The Balaban J connectivity index is 2.35. The van der Waals surface area contributed by atoms with Crippen LogP contribution in [0.3, 0.4) is 0 Å². The Morgan fingerprint density at radius 3 is 2.36 bits per heavy atom. The Bertz CT molecular complexity index is 854. The lowest BCUT2D eigenvalue weighted by Crippen LogP contribution is -2.36. The van der Waals surface area contributed by atoms with Gasteiger partial charge in [-0.05, 0) is 29.0 Å². The molecule has 0 bridgehead atoms. The Hall–Kier alpha value is -2.55. The number of hydrogen-bond acceptors (Lipinski definition) is 1. The van der Waals surface area contributed by atoms with Gasteiger partial charge in [-0.1, -0.05) is 26.8 Å². The fourth-order valence-electron chi connectivity index (χ4n) is 3.12. The minimum Gasteiger partial charge on any atom is -0.233 e. The predicted octanol–water partition coefficient (Wildman–Crippen LogP) is 3.76. The van der Waals surface area contributed by atoms with Crippen LogP contribution in [0.5, 0.6) is 0 Å². The molecule has 0 aliphatic rings. The largest absolute Gasteiger partial charge is 0.330 e. The molecule has 3 heteroatoms. The van der Waals surface area contributed by atoms with Crippen LogP contribution in [-0.2, 0) is 12.5 Å². The van der Waals surface area contributed by atoms with Crippen LogP contribution in [0.2, 0.25) is 0 Å². The summed E-state index contributed by atoms with van der Waals surface area (Å²) in [5.74, 6) is 0.988. The number of nitrogens with zero attached hydrogens (tertiary/aromatic N) is 3. The van der Waals surface area contributed by atoms with Crippen LogP contribution in [0.15, 0.2) is 55.0 Å². The maximum Gasteiger partial charge on any atom is 0.330 e. The molecule has 3 aromatic rings. The maximum absolute atomic E-state index is 4.64. The third-order valence-corrected chi connectivity index (χ3v) is 4.74. The second-order valence-electron chi connectivity index (χ2n) is 7.68. The average Bonchev–Trinajstić information content (AvgIpc) is 2.55. The van der Waals surface area contributed by atoms with Crippen LogP contribution < -0.4 is 9.13 Å². The first-order valence-electron chi connectivity index (χ1n) is 8.73. The molecule has 1 aromatic carbocycles. The maximum atomic E-state index is 4.64. The molecule has 0 N–H and O–H groups in total. The van der Waals surface area contributed by atoms with Crippen LogP contribution in [0, 0.1) is 13.8 Å². The highest BCUT2D eigenvalue weighted by atomic mass is 15.0. The van der Waals surface area contributed by atoms with Gasteiger partial charge >= 0.3 is 5.82 Å². The summed E-state index contributed by atoms with van der Waals surface area (Å²) in [4.78, 5) is 4.64. The number of rotatable bonds is 2. The van der Waals surface area contributed by atoms with Crippen molar-refractivity contribution in [2.45, 2.75) is 40.0 Å². The van der Waals surface area contributed by atoms with E-state index in [4.69, 9.17) is 0 Å². The molecule has 3 nitrogen and oxygen atoms in total. The van der Waals surface area contributed by atoms with Gasteiger partial charge in [-0.25, -0.2) is 4.57 Å². The smallest absolute Gasteiger partial charge is 0.233 e. The van der Waals surface area contributed by atoms with E-state index in [2.05, 4.69) is 85.3 Å².